The number of alkyl halides is 9. The number of hydrogen-bond donors (Lipinski definition) is 3. The third kappa shape index (κ3) is 78.0. The zero-order valence-electron chi connectivity index (χ0n) is 140. The number of aliphatic carboxylic acids is 1. The van der Waals surface area contributed by atoms with Gasteiger partial charge in [-0.05, 0) is 201 Å². The smallest absolute Gasteiger partial charge is 0.480 e. The van der Waals surface area contributed by atoms with Crippen LogP contribution in [0, 0.1) is 38.5 Å². The molecular weight excluding hydrogens is 1890 g/mol. The monoisotopic (exact) mass is 2160 g/mol. The number of halogens is 9. The number of hydrogen-bond acceptors (Lipinski definition) is 27. The number of carbonyl (C=O) groups excluding carboxylic acids is 6. The molecule has 3 aromatic carbocycles. The summed E-state index contributed by atoms with van der Waals surface area (Å²) in [5.74, 6) is -1.87. The molecule has 3 aliphatic rings. The van der Waals surface area contributed by atoms with Crippen LogP contribution in [0.3, 0.4) is 0 Å². The fourth-order valence-electron chi connectivity index (χ4n) is 9.61. The van der Waals surface area contributed by atoms with Crippen molar-refractivity contribution in [1.29, 1.82) is 0 Å². The average Bonchev–Trinajstić information content (AvgIpc) is 1.30. The molecule has 2 radical (unpaired) electrons. The maximum atomic E-state index is 12.4. The Bertz CT molecular complexity index is 4180. The maximum Gasteiger partial charge on any atom is 1.00 e. The van der Waals surface area contributed by atoms with Crippen molar-refractivity contribution in [3.8, 4) is 0 Å². The van der Waals surface area contributed by atoms with Gasteiger partial charge in [0.15, 0.2) is 12.2 Å². The summed E-state index contributed by atoms with van der Waals surface area (Å²) < 4.78 is 481. The standard InChI is InChI=1S/C22H35NO5.C12H23NO4.C12H25NO3.C11H11F3O3S.C10H12O3.C7H9N.C4H7BO.2C4H8O.C4H9.C2F6O5S2.Li.2H2O.29H2/c1-16(2)13-19(23(7)21(25)28-22(4,5)6)15-26-17(3)20(24)27-14-18-11-9-8-10-12-18;1-8(2)7-9(10(14)15)13(6)11(16)17-12(3,4)5;1-9(2)7-10(8-14)13(6)11(15)16-12(3,4)5;1-8(17-18-11(12,13)14)10(15)16-7-9-5-3-2-4-6-9;1-8(11)10(12)13-7-9-5-3-2-4-6-9;1-6-4-3-5-7(2)8-6;5-4-2-1-3-6-4;2*1-2-4-5-3-1;1-3-4-2;3-1(4,5)14(9,10)13-15(11,12)2(6,7)8;;;;;;;;;;;;;;;;;;;;;;;;;;;;;;;;/h8-12,16-17,19H,13-15H2,1-7H3;8-9H,7H2,1-6H3,(H,14,15);9-10,14H,7-8H2,1-6H3;2-6,8H,7H2,1H3;2-6,8,11H,7H2,1H3;3-5H,1-2H3;4H,1-3H2;2*1-4H2;1,3-4H2,2H3;;;2*1H2;29*1H/q;;;;;;;;;-1;;+1;;;;;;;;;;;;;;;;;;;;;;;;;;;;;;;/t17-,19+;9-;10-;2*8-;;;;;;;;;;;;;;;;;;;;;;;;;;;;;;;;;;;;;;/m10000....................................../s1/i;;;;;;;;;;;;;;28*1+1D;1+1. The number of pyridine rings is 1. The van der Waals surface area contributed by atoms with E-state index in [0.717, 1.165) is 98.1 Å². The number of aliphatic hydroxyl groups excluding tert-OH is 2. The maximum absolute atomic E-state index is 12.4. The Kier molecular flexibility index (Phi) is 51.9. The molecule has 0 bridgehead atoms. The van der Waals surface area contributed by atoms with Crippen molar-refractivity contribution in [2.75, 3.05) is 67.4 Å². The van der Waals surface area contributed by atoms with Crippen molar-refractivity contribution in [1.82, 2.24) is 19.7 Å². The number of amides is 3. The number of carbonyl (C=O) groups is 7. The first-order chi connectivity index (χ1) is 90.1. The summed E-state index contributed by atoms with van der Waals surface area (Å²) in [7, 11) is -3.57. The largest absolute Gasteiger partial charge is 1.00 e. The Morgan fingerprint density at radius 1 is 0.529 bits per heavy atom. The number of benzene rings is 3. The van der Waals surface area contributed by atoms with E-state index in [1.54, 1.807) is 77.0 Å². The normalized spacial score (nSPS) is 16.2. The average molecular weight is 2160 g/mol. The number of esters is 3. The third-order valence-corrected chi connectivity index (χ3v) is 19.7. The van der Waals surface area contributed by atoms with Crippen molar-refractivity contribution < 1.29 is 275 Å². The van der Waals surface area contributed by atoms with Gasteiger partial charge in [0.1, 0.15) is 68.7 Å². The third-order valence-electron chi connectivity index (χ3n) is 16.5. The SMILES string of the molecule is C1CCOC1.C1CCOC1.CC(C)C[C@@H](C(=O)O)N(C)C(=O)OC(C)(C)C.CC(C)C[C@@H](CO)N(C)C(=O)OC(C)(C)C.CC(C)C[C@@H](CO[C@H](C)C(=O)OCc1ccccc1)N(C)C(=O)OC(C)(C)C.C[C@H](O)C(=O)OCc1ccccc1.C[C@H](OSC(F)(F)F)C(=O)OCc1ccccc1.Cc1cccc(C)n1.O.O.O=S(=O)(OS(=O)(=O)C(F)(F)F)C(F)(F)F.[2HH].[2H][2H].[2H][2H].[2H][2H].[2H][2H].[2H][2H].[2H][2H].[2H][2H].[2H][2H].[2H][2H].[2H][2H].[2H][2H].[2H][2H].[2H][2H].[2H][2H].[2H][2H].[2H][2H].[2H][2H].[2H][2H].[2H][2H].[2H][2H].[2H][2H].[2H][2H].[2H][2H].[2H][2H].[2H][2H].[2H][2H].[2H][2H].[2H][2H].[B]C1CCCO1.[CH2-]CCC.[Li+]. The van der Waals surface area contributed by atoms with Gasteiger partial charge in [0.2, 0.25) is 0 Å². The molecule has 7 N–H and O–H groups in total. The zero-order chi connectivity index (χ0) is 161. The van der Waals surface area contributed by atoms with E-state index in [-0.39, 0.29) is 94.4 Å². The van der Waals surface area contributed by atoms with E-state index in [2.05, 4.69) is 50.7 Å². The minimum absolute atomic E-state index is 0. The zero-order valence-corrected chi connectivity index (χ0v) is 86.9. The van der Waals surface area contributed by atoms with E-state index in [0.29, 0.717) is 18.3 Å². The second kappa shape index (κ2) is 75.2. The number of unbranched alkanes of at least 4 members (excludes halogenated alkanes) is 1. The van der Waals surface area contributed by atoms with Crippen LogP contribution in [0.5, 0.6) is 0 Å². The summed E-state index contributed by atoms with van der Waals surface area (Å²) >= 11 is -0.709. The van der Waals surface area contributed by atoms with Gasteiger partial charge in [0.25, 0.3) is 0 Å². The van der Waals surface area contributed by atoms with Crippen LogP contribution in [0.1, 0.15) is 315 Å². The topological polar surface area (TPSA) is 445 Å². The van der Waals surface area contributed by atoms with Gasteiger partial charge in [-0.2, -0.15) is 62.8 Å². The fourth-order valence-corrected chi connectivity index (χ4v) is 11.5. The van der Waals surface area contributed by atoms with Crippen molar-refractivity contribution in [2.24, 2.45) is 17.8 Å². The van der Waals surface area contributed by atoms with Crippen LogP contribution >= 0.6 is 12.0 Å². The predicted octanol–water partition coefficient (Wildman–Crippen LogP) is 21.8. The van der Waals surface area contributed by atoms with Crippen molar-refractivity contribution in [2.45, 2.75) is 312 Å². The Morgan fingerprint density at radius 3 is 1.10 bits per heavy atom. The summed E-state index contributed by atoms with van der Waals surface area (Å²) in [6, 6.07) is 32.5. The Morgan fingerprint density at radius 2 is 0.855 bits per heavy atom. The summed E-state index contributed by atoms with van der Waals surface area (Å²) in [6.45, 7) is 47.8. The number of aryl methyl sites for hydroxylation is 2. The van der Waals surface area contributed by atoms with Gasteiger partial charge in [0.05, 0.1) is 25.3 Å². The van der Waals surface area contributed by atoms with Crippen LogP contribution in [0.25, 0.3) is 0 Å². The second-order valence-corrected chi connectivity index (χ2v) is 38.6. The number of likely N-dealkylation sites (N-methyl/N-ethyl adjacent to an activating group) is 3. The molecule has 3 fully saturated rings. The van der Waals surface area contributed by atoms with Crippen molar-refractivity contribution in [3.63, 3.8) is 0 Å². The molecule has 1 unspecified atom stereocenters. The predicted molar refractivity (Wildman–Crippen MR) is 565 cm³/mol. The van der Waals surface area contributed by atoms with Gasteiger partial charge in [-0.3, -0.25) is 14.1 Å². The molecule has 4 heterocycles. The molecule has 7 atom stereocenters. The van der Waals surface area contributed by atoms with Crippen LogP contribution < -0.4 is 18.9 Å². The van der Waals surface area contributed by atoms with Crippen molar-refractivity contribution in [3.05, 3.63) is 144 Å². The van der Waals surface area contributed by atoms with E-state index >= 15 is 0 Å². The van der Waals surface area contributed by atoms with Gasteiger partial charge >= 0.3 is 97.8 Å². The molecule has 850 valence electrons. The first-order valence-corrected chi connectivity index (χ1v) is 47.2. The van der Waals surface area contributed by atoms with Crippen LogP contribution in [0.4, 0.5) is 53.9 Å². The number of nitrogens with zero attached hydrogens (tertiary/aromatic N) is 4. The summed E-state index contributed by atoms with van der Waals surface area (Å²) in [4.78, 5) is 89.6. The van der Waals surface area contributed by atoms with E-state index < -0.39 is 126 Å². The molecule has 7 rings (SSSR count). The molecule has 0 spiro atoms. The number of aliphatic hydroxyl groups is 2. The van der Waals surface area contributed by atoms with E-state index in [1.165, 1.54) is 57.9 Å². The minimum atomic E-state index is -6.85. The number of ether oxygens (including phenoxy) is 10. The Labute approximate surface area is 916 Å². The molecule has 4 aromatic rings. The number of carboxylic acids is 1. The van der Waals surface area contributed by atoms with E-state index in [1.807, 2.05) is 152 Å². The Hall–Kier alpha value is -7.62. The van der Waals surface area contributed by atoms with Gasteiger partial charge < -0.3 is 90.4 Å². The molecule has 0 saturated carbocycles. The summed E-state index contributed by atoms with van der Waals surface area (Å²) in [5, 5.41) is 27.2. The molecule has 3 amide bonds. The molecule has 1 aromatic heterocycles. The van der Waals surface area contributed by atoms with Crippen LogP contribution in [-0.4, -0.2) is 256 Å². The van der Waals surface area contributed by atoms with E-state index in [9.17, 15) is 95.0 Å². The van der Waals surface area contributed by atoms with Gasteiger partial charge in [-0.15, -0.1) is 3.63 Å². The van der Waals surface area contributed by atoms with Crippen molar-refractivity contribution >= 4 is 82.3 Å². The molecule has 138 heavy (non-hydrogen) atoms. The summed E-state index contributed by atoms with van der Waals surface area (Å²) in [6.07, 6.45) is 7.05. The van der Waals surface area contributed by atoms with Gasteiger partial charge in [-0.25, -0.2) is 33.6 Å². The quantitative estimate of drug-likeness (QED) is 0.00904. The first kappa shape index (κ1) is 95.2. The molecule has 32 nitrogen and oxygen atoms in total. The fraction of sp³-hybridized carbons (Fsp3) is 0.663. The summed E-state index contributed by atoms with van der Waals surface area (Å²) in [5.41, 5.74) is -14.0. The first-order valence-electron chi connectivity index (χ1n) is 71.7. The molecule has 3 saturated heterocycles. The molecule has 46 heteroatoms. The molecule has 0 aliphatic carbocycles. The minimum Gasteiger partial charge on any atom is -0.480 e. The Balaban J connectivity index is -0.0000000412. The van der Waals surface area contributed by atoms with Crippen LogP contribution in [0.2, 0.25) is 0 Å². The molecule has 3 aliphatic heterocycles. The number of carboxylic acid groups (broad SMARTS) is 1. The van der Waals surface area contributed by atoms with E-state index in [4.69, 9.17) is 149 Å². The number of aromatic nitrogens is 1. The van der Waals surface area contributed by atoms with Crippen LogP contribution in [-0.2, 0) is 114 Å². The number of rotatable bonds is 28. The van der Waals surface area contributed by atoms with Gasteiger partial charge in [-0.1, -0.05) is 152 Å². The van der Waals surface area contributed by atoms with Gasteiger partial charge in [0, 0.05) is 156 Å². The molecular formula is C92H209BF9LiN4O28S3. The van der Waals surface area contributed by atoms with Crippen LogP contribution in [0.15, 0.2) is 109 Å². The second-order valence-electron chi connectivity index (χ2n) is 34.5.